The van der Waals surface area contributed by atoms with Crippen LogP contribution in [0.25, 0.3) is 21.9 Å². The number of benzene rings is 3. The van der Waals surface area contributed by atoms with Gasteiger partial charge in [0.05, 0.1) is 0 Å². The molecule has 1 aliphatic rings. The van der Waals surface area contributed by atoms with E-state index in [2.05, 4.69) is 24.8 Å². The molecule has 0 spiro atoms. The van der Waals surface area contributed by atoms with Crippen molar-refractivity contribution in [2.24, 2.45) is 5.92 Å². The van der Waals surface area contributed by atoms with Gasteiger partial charge in [0.15, 0.2) is 17.5 Å². The molecule has 0 heterocycles. The molecular formula is C24H21F3. The van der Waals surface area contributed by atoms with E-state index in [9.17, 15) is 13.2 Å². The molecule has 1 fully saturated rings. The van der Waals surface area contributed by atoms with Crippen LogP contribution in [0, 0.1) is 23.4 Å². The fourth-order valence-electron chi connectivity index (χ4n) is 4.12. The Bertz CT molecular complexity index is 981. The van der Waals surface area contributed by atoms with E-state index < -0.39 is 17.5 Å². The Morgan fingerprint density at radius 2 is 1.44 bits per heavy atom. The van der Waals surface area contributed by atoms with Crippen molar-refractivity contribution in [2.45, 2.75) is 31.6 Å². The zero-order valence-electron chi connectivity index (χ0n) is 15.0. The average molecular weight is 366 g/mol. The monoisotopic (exact) mass is 366 g/mol. The summed E-state index contributed by atoms with van der Waals surface area (Å²) in [6.07, 6.45) is 6.80. The predicted molar refractivity (Wildman–Crippen MR) is 104 cm³/mol. The van der Waals surface area contributed by atoms with Crippen LogP contribution < -0.4 is 0 Å². The lowest BCUT2D eigenvalue weighted by atomic mass is 9.78. The number of allylic oxidation sites excluding steroid dienone is 1. The molecule has 0 radical (unpaired) electrons. The van der Waals surface area contributed by atoms with E-state index in [0.29, 0.717) is 17.2 Å². The summed E-state index contributed by atoms with van der Waals surface area (Å²) < 4.78 is 40.8. The molecule has 27 heavy (non-hydrogen) atoms. The van der Waals surface area contributed by atoms with Crippen molar-refractivity contribution in [3.63, 3.8) is 0 Å². The summed E-state index contributed by atoms with van der Waals surface area (Å²) in [5, 5.41) is 0.448. The summed E-state index contributed by atoms with van der Waals surface area (Å²) in [5.74, 6) is -2.50. The summed E-state index contributed by atoms with van der Waals surface area (Å²) in [6.45, 7) is 3.90. The van der Waals surface area contributed by atoms with Crippen molar-refractivity contribution in [2.75, 3.05) is 0 Å². The number of halogens is 3. The molecule has 0 saturated heterocycles. The first kappa shape index (κ1) is 17.8. The van der Waals surface area contributed by atoms with Crippen LogP contribution in [-0.2, 0) is 0 Å². The molecule has 3 aromatic rings. The van der Waals surface area contributed by atoms with Crippen molar-refractivity contribution >= 4 is 10.8 Å². The normalized spacial score (nSPS) is 20.0. The fourth-order valence-corrected chi connectivity index (χ4v) is 4.12. The van der Waals surface area contributed by atoms with Gasteiger partial charge >= 0.3 is 0 Å². The maximum absolute atomic E-state index is 13.9. The van der Waals surface area contributed by atoms with Gasteiger partial charge in [-0.1, -0.05) is 42.5 Å². The highest BCUT2D eigenvalue weighted by molar-refractivity contribution is 5.88. The van der Waals surface area contributed by atoms with Gasteiger partial charge in [-0.05, 0) is 71.7 Å². The largest absolute Gasteiger partial charge is 0.204 e. The molecule has 0 nitrogen and oxygen atoms in total. The van der Waals surface area contributed by atoms with Gasteiger partial charge in [0, 0.05) is 5.39 Å². The summed E-state index contributed by atoms with van der Waals surface area (Å²) in [6, 6.07) is 14.4. The highest BCUT2D eigenvalue weighted by atomic mass is 19.2. The minimum absolute atomic E-state index is 0.0910. The van der Waals surface area contributed by atoms with E-state index in [1.807, 2.05) is 12.1 Å². The second-order valence-corrected chi connectivity index (χ2v) is 7.39. The SMILES string of the molecule is C=C[C@H]1CC[C@H](c2ccc(-c3ccc4c(F)c(F)c(F)cc4c3)cc2)CC1. The van der Waals surface area contributed by atoms with Gasteiger partial charge in [-0.15, -0.1) is 6.58 Å². The van der Waals surface area contributed by atoms with Gasteiger partial charge in [0.1, 0.15) is 0 Å². The van der Waals surface area contributed by atoms with E-state index in [4.69, 9.17) is 0 Å². The summed E-state index contributed by atoms with van der Waals surface area (Å²) in [5.41, 5.74) is 3.17. The summed E-state index contributed by atoms with van der Waals surface area (Å²) >= 11 is 0. The lowest BCUT2D eigenvalue weighted by Gasteiger charge is -2.27. The van der Waals surface area contributed by atoms with Gasteiger partial charge < -0.3 is 0 Å². The van der Waals surface area contributed by atoms with Crippen molar-refractivity contribution in [3.05, 3.63) is 84.2 Å². The fraction of sp³-hybridized carbons (Fsp3) is 0.250. The molecule has 3 heteroatoms. The van der Waals surface area contributed by atoms with Crippen LogP contribution in [0.2, 0.25) is 0 Å². The van der Waals surface area contributed by atoms with E-state index in [1.165, 1.54) is 37.3 Å². The van der Waals surface area contributed by atoms with Crippen molar-refractivity contribution in [3.8, 4) is 11.1 Å². The molecular weight excluding hydrogens is 345 g/mol. The smallest absolute Gasteiger partial charge is 0.195 e. The van der Waals surface area contributed by atoms with Crippen LogP contribution >= 0.6 is 0 Å². The van der Waals surface area contributed by atoms with Crippen LogP contribution in [0.3, 0.4) is 0 Å². The standard InChI is InChI=1S/C24H21F3/c1-2-15-3-5-16(6-4-15)17-7-9-18(10-8-17)19-11-12-21-20(13-19)14-22(25)24(27)23(21)26/h2,7-16H,1,3-6H2/t15-,16-. The zero-order chi connectivity index (χ0) is 19.0. The maximum atomic E-state index is 13.9. The molecule has 4 rings (SSSR count). The quantitative estimate of drug-likeness (QED) is 0.335. The Morgan fingerprint density at radius 1 is 0.778 bits per heavy atom. The molecule has 138 valence electrons. The minimum Gasteiger partial charge on any atom is -0.204 e. The minimum atomic E-state index is -1.43. The summed E-state index contributed by atoms with van der Waals surface area (Å²) in [7, 11) is 0. The van der Waals surface area contributed by atoms with Gasteiger partial charge in [-0.25, -0.2) is 13.2 Å². The van der Waals surface area contributed by atoms with E-state index in [0.717, 1.165) is 17.2 Å². The van der Waals surface area contributed by atoms with Gasteiger partial charge in [-0.2, -0.15) is 0 Å². The molecule has 0 N–H and O–H groups in total. The van der Waals surface area contributed by atoms with Crippen LogP contribution in [-0.4, -0.2) is 0 Å². The molecule has 3 aromatic carbocycles. The molecule has 0 aromatic heterocycles. The first-order valence-electron chi connectivity index (χ1n) is 9.37. The highest BCUT2D eigenvalue weighted by Crippen LogP contribution is 2.37. The second-order valence-electron chi connectivity index (χ2n) is 7.39. The number of fused-ring (bicyclic) bond motifs is 1. The maximum Gasteiger partial charge on any atom is 0.195 e. The molecule has 0 aliphatic heterocycles. The Kier molecular flexibility index (Phi) is 4.77. The molecule has 1 saturated carbocycles. The van der Waals surface area contributed by atoms with Gasteiger partial charge in [0.25, 0.3) is 0 Å². The van der Waals surface area contributed by atoms with Crippen LogP contribution in [0.1, 0.15) is 37.2 Å². The van der Waals surface area contributed by atoms with Crippen molar-refractivity contribution < 1.29 is 13.2 Å². The third-order valence-corrected chi connectivity index (χ3v) is 5.79. The lowest BCUT2D eigenvalue weighted by molar-refractivity contribution is 0.376. The molecule has 0 atom stereocenters. The van der Waals surface area contributed by atoms with E-state index in [-0.39, 0.29) is 5.39 Å². The zero-order valence-corrected chi connectivity index (χ0v) is 15.0. The Morgan fingerprint density at radius 3 is 2.11 bits per heavy atom. The summed E-state index contributed by atoms with van der Waals surface area (Å²) in [4.78, 5) is 0. The van der Waals surface area contributed by atoms with Crippen LogP contribution in [0.5, 0.6) is 0 Å². The first-order chi connectivity index (χ1) is 13.1. The molecule has 0 bridgehead atoms. The Hall–Kier alpha value is -2.55. The topological polar surface area (TPSA) is 0 Å². The van der Waals surface area contributed by atoms with Crippen molar-refractivity contribution in [1.29, 1.82) is 0 Å². The van der Waals surface area contributed by atoms with Crippen molar-refractivity contribution in [1.82, 2.24) is 0 Å². The third kappa shape index (κ3) is 3.39. The highest BCUT2D eigenvalue weighted by Gasteiger charge is 2.20. The third-order valence-electron chi connectivity index (χ3n) is 5.79. The molecule has 1 aliphatic carbocycles. The average Bonchev–Trinajstić information content (AvgIpc) is 2.72. The molecule has 0 unspecified atom stereocenters. The Labute approximate surface area is 157 Å². The first-order valence-corrected chi connectivity index (χ1v) is 9.37. The van der Waals surface area contributed by atoms with Gasteiger partial charge in [-0.3, -0.25) is 0 Å². The number of hydrogen-bond donors (Lipinski definition) is 0. The predicted octanol–water partition coefficient (Wildman–Crippen LogP) is 7.38. The van der Waals surface area contributed by atoms with Crippen LogP contribution in [0.15, 0.2) is 61.2 Å². The van der Waals surface area contributed by atoms with Gasteiger partial charge in [0.2, 0.25) is 0 Å². The second kappa shape index (κ2) is 7.22. The molecule has 0 amide bonds. The number of rotatable bonds is 3. The number of hydrogen-bond acceptors (Lipinski definition) is 0. The lowest BCUT2D eigenvalue weighted by Crippen LogP contribution is -2.11. The van der Waals surface area contributed by atoms with E-state index >= 15 is 0 Å². The Balaban J connectivity index is 1.60. The van der Waals surface area contributed by atoms with E-state index in [1.54, 1.807) is 12.1 Å². The van der Waals surface area contributed by atoms with Crippen LogP contribution in [0.4, 0.5) is 13.2 Å².